The van der Waals surface area contributed by atoms with Gasteiger partial charge in [-0.3, -0.25) is 4.79 Å². The summed E-state index contributed by atoms with van der Waals surface area (Å²) < 4.78 is 5.08. The van der Waals surface area contributed by atoms with Crippen LogP contribution in [0, 0.1) is 5.92 Å². The predicted molar refractivity (Wildman–Crippen MR) is 114 cm³/mol. The van der Waals surface area contributed by atoms with Crippen molar-refractivity contribution in [3.8, 4) is 11.5 Å². The largest absolute Gasteiger partial charge is 0.504 e. The lowest BCUT2D eigenvalue weighted by Crippen LogP contribution is -2.45. The van der Waals surface area contributed by atoms with Crippen molar-refractivity contribution < 1.29 is 14.6 Å². The summed E-state index contributed by atoms with van der Waals surface area (Å²) >= 11 is 0. The second-order valence-corrected chi connectivity index (χ2v) is 7.95. The van der Waals surface area contributed by atoms with E-state index in [4.69, 9.17) is 4.74 Å². The zero-order valence-electron chi connectivity index (χ0n) is 17.6. The molecule has 7 heteroatoms. The number of guanidine groups is 1. The Labute approximate surface area is 173 Å². The molecule has 0 aromatic heterocycles. The van der Waals surface area contributed by atoms with E-state index in [1.54, 1.807) is 12.1 Å². The number of nitrogens with zero attached hydrogens (tertiary/aromatic N) is 2. The van der Waals surface area contributed by atoms with Crippen molar-refractivity contribution in [2.45, 2.75) is 58.0 Å². The monoisotopic (exact) mass is 402 g/mol. The van der Waals surface area contributed by atoms with Gasteiger partial charge in [0.05, 0.1) is 13.7 Å². The number of rotatable bonds is 6. The average molecular weight is 403 g/mol. The number of carbonyl (C=O) groups excluding carboxylic acids is 1. The molecule has 1 amide bonds. The summed E-state index contributed by atoms with van der Waals surface area (Å²) in [6.45, 7) is 4.80. The number of phenols is 1. The molecular weight excluding hydrogens is 368 g/mol. The number of aromatic hydroxyl groups is 1. The molecule has 7 nitrogen and oxygen atoms in total. The molecule has 0 radical (unpaired) electrons. The summed E-state index contributed by atoms with van der Waals surface area (Å²) in [7, 11) is 1.53. The molecule has 3 rings (SSSR count). The number of nitrogens with one attached hydrogen (secondary N) is 2. The zero-order chi connectivity index (χ0) is 20.6. The van der Waals surface area contributed by atoms with Crippen molar-refractivity contribution in [2.75, 3.05) is 26.7 Å². The third kappa shape index (κ3) is 5.78. The van der Waals surface area contributed by atoms with Crippen molar-refractivity contribution in [2.24, 2.45) is 10.9 Å². The van der Waals surface area contributed by atoms with Gasteiger partial charge in [-0.25, -0.2) is 4.99 Å². The first-order valence-electron chi connectivity index (χ1n) is 10.8. The summed E-state index contributed by atoms with van der Waals surface area (Å²) in [5.41, 5.74) is 0.904. The Bertz CT molecular complexity index is 716. The Balaban J connectivity index is 1.55. The Morgan fingerprint density at radius 2 is 2.07 bits per heavy atom. The lowest BCUT2D eigenvalue weighted by Gasteiger charge is -2.26. The molecule has 2 aliphatic rings. The van der Waals surface area contributed by atoms with Crippen LogP contribution in [0.1, 0.15) is 51.0 Å². The normalized spacial score (nSPS) is 20.6. The molecule has 0 spiro atoms. The summed E-state index contributed by atoms with van der Waals surface area (Å²) in [5.74, 6) is 1.87. The Kier molecular flexibility index (Phi) is 7.61. The molecule has 160 valence electrons. The lowest BCUT2D eigenvalue weighted by molar-refractivity contribution is -0.135. The van der Waals surface area contributed by atoms with Gasteiger partial charge in [-0.1, -0.05) is 25.3 Å². The van der Waals surface area contributed by atoms with Gasteiger partial charge in [0.15, 0.2) is 17.5 Å². The molecule has 1 aromatic rings. The zero-order valence-corrected chi connectivity index (χ0v) is 17.6. The van der Waals surface area contributed by atoms with Crippen LogP contribution >= 0.6 is 0 Å². The molecule has 1 aliphatic heterocycles. The molecule has 1 aromatic carbocycles. The fourth-order valence-corrected chi connectivity index (χ4v) is 4.20. The maximum atomic E-state index is 12.8. The number of phenolic OH excluding ortho intramolecular Hbond substituents is 1. The first-order valence-corrected chi connectivity index (χ1v) is 10.8. The second kappa shape index (κ2) is 10.4. The fraction of sp³-hybridized carbons (Fsp3) is 0.636. The van der Waals surface area contributed by atoms with Gasteiger partial charge in [-0.2, -0.15) is 0 Å². The highest BCUT2D eigenvalue weighted by Crippen LogP contribution is 2.27. The topological polar surface area (TPSA) is 86.2 Å². The second-order valence-electron chi connectivity index (χ2n) is 7.95. The van der Waals surface area contributed by atoms with Crippen molar-refractivity contribution in [1.82, 2.24) is 15.5 Å². The van der Waals surface area contributed by atoms with Crippen LogP contribution in [0.5, 0.6) is 11.5 Å². The minimum Gasteiger partial charge on any atom is -0.504 e. The van der Waals surface area contributed by atoms with Gasteiger partial charge in [0.25, 0.3) is 0 Å². The Morgan fingerprint density at radius 1 is 1.28 bits per heavy atom. The highest BCUT2D eigenvalue weighted by molar-refractivity contribution is 5.81. The lowest BCUT2D eigenvalue weighted by atomic mass is 9.88. The van der Waals surface area contributed by atoms with E-state index in [2.05, 4.69) is 15.6 Å². The number of ether oxygens (including phenoxy) is 1. The fourth-order valence-electron chi connectivity index (χ4n) is 4.20. The van der Waals surface area contributed by atoms with E-state index in [9.17, 15) is 9.90 Å². The van der Waals surface area contributed by atoms with E-state index in [1.165, 1.54) is 26.4 Å². The number of carbonyl (C=O) groups is 1. The highest BCUT2D eigenvalue weighted by atomic mass is 16.5. The first-order chi connectivity index (χ1) is 14.1. The summed E-state index contributed by atoms with van der Waals surface area (Å²) in [6, 6.07) is 5.52. The smallest absolute Gasteiger partial charge is 0.225 e. The van der Waals surface area contributed by atoms with Crippen LogP contribution in [-0.4, -0.2) is 54.7 Å². The first kappa shape index (κ1) is 21.3. The number of aliphatic imine (C=N–C) groups is 1. The molecule has 1 atom stereocenters. The van der Waals surface area contributed by atoms with Gasteiger partial charge in [-0.15, -0.1) is 0 Å². The SMILES string of the molecule is CCNC(=NCc1ccc(OC)c(O)c1)NC1CCN(C(=O)C2CCCCC2)C1. The van der Waals surface area contributed by atoms with Gasteiger partial charge in [0.1, 0.15) is 0 Å². The Morgan fingerprint density at radius 3 is 2.76 bits per heavy atom. The molecule has 0 bridgehead atoms. The third-order valence-corrected chi connectivity index (χ3v) is 5.80. The van der Waals surface area contributed by atoms with Gasteiger partial charge in [0.2, 0.25) is 5.91 Å². The van der Waals surface area contributed by atoms with Crippen LogP contribution in [0.15, 0.2) is 23.2 Å². The minimum absolute atomic E-state index is 0.116. The molecule has 1 saturated carbocycles. The number of likely N-dealkylation sites (tertiary alicyclic amines) is 1. The summed E-state index contributed by atoms with van der Waals surface area (Å²) in [5, 5.41) is 16.7. The molecule has 3 N–H and O–H groups in total. The van der Waals surface area contributed by atoms with Crippen LogP contribution in [0.2, 0.25) is 0 Å². The number of methoxy groups -OCH3 is 1. The van der Waals surface area contributed by atoms with E-state index in [-0.39, 0.29) is 17.7 Å². The van der Waals surface area contributed by atoms with Crippen LogP contribution in [-0.2, 0) is 11.3 Å². The van der Waals surface area contributed by atoms with Crippen LogP contribution < -0.4 is 15.4 Å². The van der Waals surface area contributed by atoms with E-state index >= 15 is 0 Å². The van der Waals surface area contributed by atoms with Crippen molar-refractivity contribution >= 4 is 11.9 Å². The average Bonchev–Trinajstić information content (AvgIpc) is 3.21. The van der Waals surface area contributed by atoms with Crippen molar-refractivity contribution in [3.63, 3.8) is 0 Å². The molecule has 2 fully saturated rings. The number of amides is 1. The quantitative estimate of drug-likeness (QED) is 0.503. The van der Waals surface area contributed by atoms with Gasteiger partial charge in [0, 0.05) is 31.6 Å². The summed E-state index contributed by atoms with van der Waals surface area (Å²) in [4.78, 5) is 19.4. The molecule has 1 heterocycles. The molecule has 29 heavy (non-hydrogen) atoms. The van der Waals surface area contributed by atoms with E-state index < -0.39 is 0 Å². The van der Waals surface area contributed by atoms with Gasteiger partial charge < -0.3 is 25.4 Å². The highest BCUT2D eigenvalue weighted by Gasteiger charge is 2.31. The van der Waals surface area contributed by atoms with E-state index in [0.717, 1.165) is 50.4 Å². The van der Waals surface area contributed by atoms with Gasteiger partial charge >= 0.3 is 0 Å². The number of hydrogen-bond donors (Lipinski definition) is 3. The van der Waals surface area contributed by atoms with Gasteiger partial charge in [-0.05, 0) is 43.9 Å². The van der Waals surface area contributed by atoms with Crippen molar-refractivity contribution in [1.29, 1.82) is 0 Å². The van der Waals surface area contributed by atoms with Crippen LogP contribution in [0.3, 0.4) is 0 Å². The maximum absolute atomic E-state index is 12.8. The molecule has 1 aliphatic carbocycles. The van der Waals surface area contributed by atoms with Crippen LogP contribution in [0.4, 0.5) is 0 Å². The minimum atomic E-state index is 0.116. The summed E-state index contributed by atoms with van der Waals surface area (Å²) in [6.07, 6.45) is 6.67. The van der Waals surface area contributed by atoms with E-state index in [0.29, 0.717) is 18.2 Å². The van der Waals surface area contributed by atoms with E-state index in [1.807, 2.05) is 17.9 Å². The molecule has 1 saturated heterocycles. The van der Waals surface area contributed by atoms with Crippen LogP contribution in [0.25, 0.3) is 0 Å². The standard InChI is InChI=1S/C22H34N4O3/c1-3-23-22(24-14-16-9-10-20(29-2)19(27)13-16)25-18-11-12-26(15-18)21(28)17-7-5-4-6-8-17/h9-10,13,17-18,27H,3-8,11-12,14-15H2,1-2H3,(H2,23,24,25). The number of benzene rings is 1. The third-order valence-electron chi connectivity index (χ3n) is 5.80. The predicted octanol–water partition coefficient (Wildman–Crippen LogP) is 2.64. The van der Waals surface area contributed by atoms with Crippen molar-refractivity contribution in [3.05, 3.63) is 23.8 Å². The Hall–Kier alpha value is -2.44. The molecule has 1 unspecified atom stereocenters. The maximum Gasteiger partial charge on any atom is 0.225 e. The molecular formula is C22H34N4O3. The number of hydrogen-bond acceptors (Lipinski definition) is 4.